The van der Waals surface area contributed by atoms with Crippen LogP contribution in [0.15, 0.2) is 17.0 Å². The molecule has 0 fully saturated rings. The molecule has 0 heterocycles. The Morgan fingerprint density at radius 1 is 1.38 bits per heavy atom. The zero-order valence-electron chi connectivity index (χ0n) is 9.07. The molecule has 0 bridgehead atoms. The number of hydrogen-bond acceptors (Lipinski definition) is 4. The van der Waals surface area contributed by atoms with Crippen LogP contribution in [0, 0.1) is 6.92 Å². The molecule has 16 heavy (non-hydrogen) atoms. The van der Waals surface area contributed by atoms with Crippen molar-refractivity contribution in [1.82, 2.24) is 0 Å². The minimum absolute atomic E-state index is 0.0502. The van der Waals surface area contributed by atoms with Crippen molar-refractivity contribution in [2.45, 2.75) is 11.8 Å². The van der Waals surface area contributed by atoms with Crippen molar-refractivity contribution in [3.63, 3.8) is 0 Å². The minimum Gasteiger partial charge on any atom is -0.495 e. The average Bonchev–Trinajstić information content (AvgIpc) is 2.15. The first-order valence-electron chi connectivity index (χ1n) is 4.36. The van der Waals surface area contributed by atoms with E-state index in [1.54, 1.807) is 6.92 Å². The molecule has 0 unspecified atom stereocenters. The second kappa shape index (κ2) is 4.43. The van der Waals surface area contributed by atoms with Crippen molar-refractivity contribution in [2.24, 2.45) is 0 Å². The lowest BCUT2D eigenvalue weighted by Crippen LogP contribution is -2.05. The molecule has 0 aliphatic carbocycles. The van der Waals surface area contributed by atoms with Gasteiger partial charge in [-0.1, -0.05) is 0 Å². The molecule has 0 radical (unpaired) electrons. The number of benzene rings is 1. The second-order valence-corrected chi connectivity index (χ2v) is 5.64. The molecule has 88 valence electrons. The van der Waals surface area contributed by atoms with Gasteiger partial charge in [0.05, 0.1) is 7.11 Å². The summed E-state index contributed by atoms with van der Waals surface area (Å²) in [7, 11) is -2.04. The predicted octanol–water partition coefficient (Wildman–Crippen LogP) is 1.79. The van der Waals surface area contributed by atoms with Gasteiger partial charge in [-0.25, -0.2) is 8.42 Å². The van der Waals surface area contributed by atoms with E-state index in [4.69, 9.17) is 16.3 Å². The number of hydrogen-bond donors (Lipinski definition) is 0. The Morgan fingerprint density at radius 2 is 1.94 bits per heavy atom. The van der Waals surface area contributed by atoms with Crippen LogP contribution in [0.25, 0.3) is 0 Å². The van der Waals surface area contributed by atoms with Crippen LogP contribution in [0.5, 0.6) is 5.75 Å². The molecule has 0 aromatic heterocycles. The van der Waals surface area contributed by atoms with Gasteiger partial charge in [-0.15, -0.1) is 0 Å². The number of sulfone groups is 1. The summed E-state index contributed by atoms with van der Waals surface area (Å²) in [6.45, 7) is 1.59. The zero-order valence-corrected chi connectivity index (χ0v) is 10.6. The van der Waals surface area contributed by atoms with Gasteiger partial charge in [-0.2, -0.15) is 0 Å². The number of carbonyl (C=O) groups excluding carboxylic acids is 1. The van der Waals surface area contributed by atoms with E-state index in [0.29, 0.717) is 5.56 Å². The summed E-state index contributed by atoms with van der Waals surface area (Å²) < 4.78 is 27.9. The Kier molecular flexibility index (Phi) is 3.60. The van der Waals surface area contributed by atoms with Gasteiger partial charge in [0.2, 0.25) is 0 Å². The van der Waals surface area contributed by atoms with E-state index >= 15 is 0 Å². The van der Waals surface area contributed by atoms with Gasteiger partial charge < -0.3 is 4.74 Å². The van der Waals surface area contributed by atoms with E-state index in [2.05, 4.69) is 0 Å². The lowest BCUT2D eigenvalue weighted by molar-refractivity contribution is 0.108. The van der Waals surface area contributed by atoms with Gasteiger partial charge >= 0.3 is 0 Å². The zero-order chi connectivity index (χ0) is 12.5. The van der Waals surface area contributed by atoms with Crippen molar-refractivity contribution in [1.29, 1.82) is 0 Å². The first-order valence-corrected chi connectivity index (χ1v) is 6.63. The van der Waals surface area contributed by atoms with Crippen LogP contribution in [0.3, 0.4) is 0 Å². The number of methoxy groups -OCH3 is 1. The standard InChI is InChI=1S/C10H11ClO4S/c1-6-7(10(11)12)4-5-8(9(6)15-2)16(3,13)14/h4-5H,1-3H3. The maximum absolute atomic E-state index is 11.4. The van der Waals surface area contributed by atoms with Crippen molar-refractivity contribution >= 4 is 26.7 Å². The Hall–Kier alpha value is -1.07. The van der Waals surface area contributed by atoms with E-state index < -0.39 is 15.1 Å². The highest BCUT2D eigenvalue weighted by atomic mass is 35.5. The van der Waals surface area contributed by atoms with Gasteiger partial charge in [0, 0.05) is 17.4 Å². The fourth-order valence-corrected chi connectivity index (χ4v) is 2.52. The van der Waals surface area contributed by atoms with Crippen molar-refractivity contribution < 1.29 is 17.9 Å². The number of ether oxygens (including phenoxy) is 1. The molecular weight excluding hydrogens is 252 g/mol. The van der Waals surface area contributed by atoms with Crippen molar-refractivity contribution in [2.75, 3.05) is 13.4 Å². The van der Waals surface area contributed by atoms with Crippen LogP contribution >= 0.6 is 11.6 Å². The molecule has 6 heteroatoms. The number of rotatable bonds is 3. The summed E-state index contributed by atoms with van der Waals surface area (Å²) >= 11 is 5.36. The molecule has 1 aromatic carbocycles. The minimum atomic E-state index is -3.39. The summed E-state index contributed by atoms with van der Waals surface area (Å²) in [5.41, 5.74) is 0.663. The smallest absolute Gasteiger partial charge is 0.252 e. The molecular formula is C10H11ClO4S. The van der Waals surface area contributed by atoms with Gasteiger partial charge in [0.15, 0.2) is 9.84 Å². The lowest BCUT2D eigenvalue weighted by Gasteiger charge is -2.11. The highest BCUT2D eigenvalue weighted by Crippen LogP contribution is 2.30. The number of halogens is 1. The van der Waals surface area contributed by atoms with Gasteiger partial charge in [0.25, 0.3) is 5.24 Å². The molecule has 0 atom stereocenters. The van der Waals surface area contributed by atoms with E-state index in [1.165, 1.54) is 19.2 Å². The Morgan fingerprint density at radius 3 is 2.31 bits per heavy atom. The van der Waals surface area contributed by atoms with Crippen LogP contribution < -0.4 is 4.74 Å². The van der Waals surface area contributed by atoms with Crippen LogP contribution in [-0.2, 0) is 9.84 Å². The van der Waals surface area contributed by atoms with Crippen molar-refractivity contribution in [3.8, 4) is 5.75 Å². The first-order chi connectivity index (χ1) is 7.29. The molecule has 0 aliphatic rings. The Bertz CT molecular complexity index is 534. The summed E-state index contributed by atoms with van der Waals surface area (Å²) in [5.74, 6) is 0.161. The van der Waals surface area contributed by atoms with Gasteiger partial charge in [-0.3, -0.25) is 4.79 Å². The third-order valence-corrected chi connectivity index (χ3v) is 3.51. The number of carbonyl (C=O) groups is 1. The third-order valence-electron chi connectivity index (χ3n) is 2.19. The quantitative estimate of drug-likeness (QED) is 0.779. The molecule has 0 N–H and O–H groups in total. The summed E-state index contributed by atoms with van der Waals surface area (Å²) in [5, 5.41) is -0.643. The topological polar surface area (TPSA) is 60.4 Å². The molecule has 1 rings (SSSR count). The van der Waals surface area contributed by atoms with E-state index in [9.17, 15) is 13.2 Å². The highest BCUT2D eigenvalue weighted by Gasteiger charge is 2.20. The van der Waals surface area contributed by atoms with Crippen LogP contribution in [0.2, 0.25) is 0 Å². The fraction of sp³-hybridized carbons (Fsp3) is 0.300. The largest absolute Gasteiger partial charge is 0.495 e. The molecule has 0 aliphatic heterocycles. The molecule has 0 amide bonds. The normalized spacial score (nSPS) is 11.2. The monoisotopic (exact) mass is 262 g/mol. The third kappa shape index (κ3) is 2.36. The summed E-state index contributed by atoms with van der Waals surface area (Å²) in [6, 6.07) is 2.69. The van der Waals surface area contributed by atoms with Crippen LogP contribution in [0.1, 0.15) is 15.9 Å². The van der Waals surface area contributed by atoms with E-state index in [1.807, 2.05) is 0 Å². The maximum atomic E-state index is 11.4. The molecule has 1 aromatic rings. The molecule has 4 nitrogen and oxygen atoms in total. The fourth-order valence-electron chi connectivity index (χ4n) is 1.43. The second-order valence-electron chi connectivity index (χ2n) is 3.32. The highest BCUT2D eigenvalue weighted by molar-refractivity contribution is 7.90. The van der Waals surface area contributed by atoms with Gasteiger partial charge in [-0.05, 0) is 30.7 Å². The molecule has 0 saturated heterocycles. The Labute approximate surface area is 99.1 Å². The average molecular weight is 263 g/mol. The van der Waals surface area contributed by atoms with E-state index in [-0.39, 0.29) is 16.2 Å². The predicted molar refractivity (Wildman–Crippen MR) is 61.0 cm³/mol. The van der Waals surface area contributed by atoms with Crippen LogP contribution in [0.4, 0.5) is 0 Å². The van der Waals surface area contributed by atoms with Gasteiger partial charge in [0.1, 0.15) is 10.6 Å². The maximum Gasteiger partial charge on any atom is 0.252 e. The molecule has 0 saturated carbocycles. The Balaban J connectivity index is 3.60. The lowest BCUT2D eigenvalue weighted by atomic mass is 10.1. The van der Waals surface area contributed by atoms with E-state index in [0.717, 1.165) is 6.26 Å². The first kappa shape index (κ1) is 13.0. The van der Waals surface area contributed by atoms with Crippen LogP contribution in [-0.4, -0.2) is 27.0 Å². The molecule has 0 spiro atoms. The van der Waals surface area contributed by atoms with Crippen molar-refractivity contribution in [3.05, 3.63) is 23.3 Å². The summed E-state index contributed by atoms with van der Waals surface area (Å²) in [6.07, 6.45) is 1.08. The SMILES string of the molecule is COc1c(S(C)(=O)=O)ccc(C(=O)Cl)c1C. The summed E-state index contributed by atoms with van der Waals surface area (Å²) in [4.78, 5) is 11.1.